The molecule has 0 spiro atoms. The first-order valence-electron chi connectivity index (χ1n) is 5.83. The van der Waals surface area contributed by atoms with Gasteiger partial charge >= 0.3 is 0 Å². The Balaban J connectivity index is 2.18. The second-order valence-electron chi connectivity index (χ2n) is 4.94. The van der Waals surface area contributed by atoms with Crippen molar-refractivity contribution in [2.24, 2.45) is 17.8 Å². The molecule has 0 aromatic carbocycles. The van der Waals surface area contributed by atoms with E-state index in [0.29, 0.717) is 12.3 Å². The van der Waals surface area contributed by atoms with Crippen LogP contribution >= 0.6 is 0 Å². The SMILES string of the molecule is CCC(=O)[C@@H]1[C@H]2CC[C@H](C2)[C@@H]1OS(C)(=O)=O. The zero-order chi connectivity index (χ0) is 11.9. The van der Waals surface area contributed by atoms with E-state index in [1.165, 1.54) is 0 Å². The van der Waals surface area contributed by atoms with Crippen LogP contribution in [0.4, 0.5) is 0 Å². The smallest absolute Gasteiger partial charge is 0.264 e. The Morgan fingerprint density at radius 3 is 2.50 bits per heavy atom. The Kier molecular flexibility index (Phi) is 3.09. The maximum absolute atomic E-state index is 11.8. The molecule has 2 bridgehead atoms. The predicted molar refractivity (Wildman–Crippen MR) is 59.3 cm³/mol. The zero-order valence-corrected chi connectivity index (χ0v) is 10.5. The van der Waals surface area contributed by atoms with Gasteiger partial charge in [0.05, 0.1) is 12.4 Å². The van der Waals surface area contributed by atoms with Gasteiger partial charge in [-0.05, 0) is 31.1 Å². The van der Waals surface area contributed by atoms with Crippen molar-refractivity contribution < 1.29 is 17.4 Å². The lowest BCUT2D eigenvalue weighted by Crippen LogP contribution is -2.36. The Hall–Kier alpha value is -0.420. The Bertz CT molecular complexity index is 387. The average molecular weight is 246 g/mol. The highest BCUT2D eigenvalue weighted by Crippen LogP contribution is 2.50. The molecule has 2 saturated carbocycles. The lowest BCUT2D eigenvalue weighted by molar-refractivity contribution is -0.127. The van der Waals surface area contributed by atoms with Crippen molar-refractivity contribution in [2.45, 2.75) is 38.7 Å². The van der Waals surface area contributed by atoms with Gasteiger partial charge in [0.15, 0.2) is 0 Å². The van der Waals surface area contributed by atoms with E-state index >= 15 is 0 Å². The number of fused-ring (bicyclic) bond motifs is 2. The summed E-state index contributed by atoms with van der Waals surface area (Å²) in [6, 6.07) is 0. The molecule has 92 valence electrons. The first-order valence-corrected chi connectivity index (χ1v) is 7.65. The van der Waals surface area contributed by atoms with Gasteiger partial charge in [-0.2, -0.15) is 8.42 Å². The molecule has 0 radical (unpaired) electrons. The molecule has 0 heterocycles. The summed E-state index contributed by atoms with van der Waals surface area (Å²) in [4.78, 5) is 11.8. The number of hydrogen-bond acceptors (Lipinski definition) is 4. The summed E-state index contributed by atoms with van der Waals surface area (Å²) in [6.07, 6.45) is 4.14. The summed E-state index contributed by atoms with van der Waals surface area (Å²) < 4.78 is 27.5. The van der Waals surface area contributed by atoms with E-state index in [0.717, 1.165) is 25.5 Å². The monoisotopic (exact) mass is 246 g/mol. The molecule has 4 nitrogen and oxygen atoms in total. The topological polar surface area (TPSA) is 60.4 Å². The van der Waals surface area contributed by atoms with E-state index in [-0.39, 0.29) is 23.7 Å². The molecular weight excluding hydrogens is 228 g/mol. The number of rotatable bonds is 4. The Morgan fingerprint density at radius 1 is 1.31 bits per heavy atom. The second kappa shape index (κ2) is 4.11. The fourth-order valence-corrected chi connectivity index (χ4v) is 3.94. The molecule has 0 unspecified atom stereocenters. The molecule has 2 fully saturated rings. The largest absolute Gasteiger partial charge is 0.299 e. The summed E-state index contributed by atoms with van der Waals surface area (Å²) in [6.45, 7) is 1.83. The molecule has 0 aliphatic heterocycles. The third-order valence-electron chi connectivity index (χ3n) is 3.85. The summed E-state index contributed by atoms with van der Waals surface area (Å²) in [5, 5.41) is 0. The Labute approximate surface area is 96.5 Å². The van der Waals surface area contributed by atoms with Crippen LogP contribution in [0.15, 0.2) is 0 Å². The molecule has 0 N–H and O–H groups in total. The molecule has 0 aromatic rings. The van der Waals surface area contributed by atoms with Crippen molar-refractivity contribution in [3.05, 3.63) is 0 Å². The van der Waals surface area contributed by atoms with Crippen molar-refractivity contribution >= 4 is 15.9 Å². The van der Waals surface area contributed by atoms with E-state index in [4.69, 9.17) is 4.18 Å². The van der Waals surface area contributed by atoms with Crippen LogP contribution in [0.5, 0.6) is 0 Å². The van der Waals surface area contributed by atoms with Gasteiger partial charge in [0.2, 0.25) is 0 Å². The highest BCUT2D eigenvalue weighted by atomic mass is 32.2. The summed E-state index contributed by atoms with van der Waals surface area (Å²) in [7, 11) is -3.46. The van der Waals surface area contributed by atoms with Gasteiger partial charge in [0.1, 0.15) is 5.78 Å². The van der Waals surface area contributed by atoms with Gasteiger partial charge in [0.25, 0.3) is 10.1 Å². The van der Waals surface area contributed by atoms with Crippen LogP contribution in [-0.2, 0) is 19.1 Å². The van der Waals surface area contributed by atoms with Gasteiger partial charge in [0, 0.05) is 12.3 Å². The zero-order valence-electron chi connectivity index (χ0n) is 9.68. The van der Waals surface area contributed by atoms with Crippen molar-refractivity contribution in [3.63, 3.8) is 0 Å². The average Bonchev–Trinajstić information content (AvgIpc) is 2.74. The second-order valence-corrected chi connectivity index (χ2v) is 6.54. The van der Waals surface area contributed by atoms with Crippen LogP contribution in [0.25, 0.3) is 0 Å². The molecule has 2 aliphatic carbocycles. The molecule has 0 aromatic heterocycles. The van der Waals surface area contributed by atoms with Gasteiger partial charge in [-0.15, -0.1) is 0 Å². The fourth-order valence-electron chi connectivity index (χ4n) is 3.26. The Morgan fingerprint density at radius 2 is 1.94 bits per heavy atom. The van der Waals surface area contributed by atoms with Gasteiger partial charge in [-0.25, -0.2) is 0 Å². The molecule has 2 rings (SSSR count). The van der Waals surface area contributed by atoms with E-state index in [2.05, 4.69) is 0 Å². The van der Waals surface area contributed by atoms with Crippen molar-refractivity contribution in [2.75, 3.05) is 6.26 Å². The van der Waals surface area contributed by atoms with E-state index in [9.17, 15) is 13.2 Å². The number of Topliss-reactive ketones (excluding diaryl/α,β-unsaturated/α-hetero) is 1. The lowest BCUT2D eigenvalue weighted by atomic mass is 9.83. The van der Waals surface area contributed by atoms with Crippen molar-refractivity contribution in [1.82, 2.24) is 0 Å². The summed E-state index contributed by atoms with van der Waals surface area (Å²) >= 11 is 0. The van der Waals surface area contributed by atoms with E-state index < -0.39 is 10.1 Å². The maximum Gasteiger partial charge on any atom is 0.264 e. The summed E-state index contributed by atoms with van der Waals surface area (Å²) in [5.74, 6) is 0.587. The minimum absolute atomic E-state index is 0.154. The lowest BCUT2D eigenvalue weighted by Gasteiger charge is -2.28. The number of ketones is 1. The highest BCUT2D eigenvalue weighted by Gasteiger charge is 2.52. The van der Waals surface area contributed by atoms with Crippen LogP contribution in [-0.4, -0.2) is 26.6 Å². The maximum atomic E-state index is 11.8. The van der Waals surface area contributed by atoms with Crippen molar-refractivity contribution in [3.8, 4) is 0 Å². The number of carbonyl (C=O) groups excluding carboxylic acids is 1. The third kappa shape index (κ3) is 2.15. The number of hydrogen-bond donors (Lipinski definition) is 0. The first-order chi connectivity index (χ1) is 7.42. The van der Waals surface area contributed by atoms with Crippen LogP contribution in [0.2, 0.25) is 0 Å². The van der Waals surface area contributed by atoms with Gasteiger partial charge in [-0.3, -0.25) is 8.98 Å². The first kappa shape index (κ1) is 12.0. The summed E-state index contributed by atoms with van der Waals surface area (Å²) in [5.41, 5.74) is 0. The van der Waals surface area contributed by atoms with Crippen LogP contribution in [0.3, 0.4) is 0 Å². The number of carbonyl (C=O) groups is 1. The van der Waals surface area contributed by atoms with Crippen LogP contribution < -0.4 is 0 Å². The minimum atomic E-state index is -3.46. The van der Waals surface area contributed by atoms with E-state index in [1.807, 2.05) is 6.92 Å². The molecule has 4 atom stereocenters. The molecule has 16 heavy (non-hydrogen) atoms. The fraction of sp³-hybridized carbons (Fsp3) is 0.909. The third-order valence-corrected chi connectivity index (χ3v) is 4.42. The van der Waals surface area contributed by atoms with E-state index in [1.54, 1.807) is 0 Å². The van der Waals surface area contributed by atoms with Crippen molar-refractivity contribution in [1.29, 1.82) is 0 Å². The molecule has 5 heteroatoms. The molecular formula is C11H18O4S. The quantitative estimate of drug-likeness (QED) is 0.703. The standard InChI is InChI=1S/C11H18O4S/c1-3-9(12)10-7-4-5-8(6-7)11(10)15-16(2,13)14/h7-8,10-11H,3-6H2,1-2H3/t7-,8+,10-,11-/m0/s1. The van der Waals surface area contributed by atoms with Gasteiger partial charge in [-0.1, -0.05) is 6.92 Å². The minimum Gasteiger partial charge on any atom is -0.299 e. The van der Waals surface area contributed by atoms with Gasteiger partial charge < -0.3 is 0 Å². The molecule has 0 saturated heterocycles. The van der Waals surface area contributed by atoms with Crippen LogP contribution in [0.1, 0.15) is 32.6 Å². The normalized spacial score (nSPS) is 37.9. The predicted octanol–water partition coefficient (Wildman–Crippen LogP) is 1.36. The molecule has 0 amide bonds. The highest BCUT2D eigenvalue weighted by molar-refractivity contribution is 7.86. The van der Waals surface area contributed by atoms with Crippen LogP contribution in [0, 0.1) is 17.8 Å². The molecule has 2 aliphatic rings.